The predicted octanol–water partition coefficient (Wildman–Crippen LogP) is 5.49. The van der Waals surface area contributed by atoms with E-state index in [1.165, 1.54) is 19.1 Å². The Labute approximate surface area is 247 Å². The first-order chi connectivity index (χ1) is 20.9. The molecule has 43 heavy (non-hydrogen) atoms. The summed E-state index contributed by atoms with van der Waals surface area (Å²) in [5.41, 5.74) is 3.67. The van der Waals surface area contributed by atoms with Gasteiger partial charge in [0.05, 0.1) is 36.9 Å². The number of rotatable bonds is 8. The van der Waals surface area contributed by atoms with E-state index in [2.05, 4.69) is 15.0 Å². The molecule has 216 valence electrons. The van der Waals surface area contributed by atoms with Crippen molar-refractivity contribution in [3.8, 4) is 17.2 Å². The van der Waals surface area contributed by atoms with Gasteiger partial charge in [-0.3, -0.25) is 19.5 Å². The number of Topliss-reactive ketones (excluding diaryl/α,β-unsaturated/α-hetero) is 1. The minimum Gasteiger partial charge on any atom is -0.507 e. The second-order valence-corrected chi connectivity index (χ2v) is 9.99. The number of carbonyl (C=O) groups excluding carboxylic acids is 2. The van der Waals surface area contributed by atoms with Crippen molar-refractivity contribution in [3.63, 3.8) is 0 Å². The number of H-pyrrole nitrogens is 1. The molecule has 1 fully saturated rings. The largest absolute Gasteiger partial charge is 0.507 e. The van der Waals surface area contributed by atoms with Crippen LogP contribution in [0.15, 0.2) is 90.8 Å². The maximum atomic E-state index is 13.6. The van der Waals surface area contributed by atoms with Gasteiger partial charge in [0.2, 0.25) is 5.95 Å². The molecule has 1 aliphatic heterocycles. The highest BCUT2D eigenvalue weighted by Gasteiger charge is 2.48. The Morgan fingerprint density at radius 1 is 0.953 bits per heavy atom. The molecule has 2 N–H and O–H groups in total. The number of aliphatic hydroxyl groups is 1. The van der Waals surface area contributed by atoms with Crippen LogP contribution in [0.25, 0.3) is 16.8 Å². The van der Waals surface area contributed by atoms with Crippen molar-refractivity contribution in [1.29, 1.82) is 0 Å². The number of ketones is 1. The summed E-state index contributed by atoms with van der Waals surface area (Å²) in [6.07, 6.45) is 3.14. The molecule has 3 aromatic carbocycles. The van der Waals surface area contributed by atoms with Gasteiger partial charge in [0.1, 0.15) is 18.1 Å². The number of pyridine rings is 1. The highest BCUT2D eigenvalue weighted by molar-refractivity contribution is 6.51. The number of amides is 1. The van der Waals surface area contributed by atoms with Crippen LogP contribution >= 0.6 is 0 Å². The molecule has 1 atom stereocenters. The molecule has 1 aliphatic rings. The number of imidazole rings is 1. The van der Waals surface area contributed by atoms with E-state index >= 15 is 0 Å². The minimum absolute atomic E-state index is 0.0778. The highest BCUT2D eigenvalue weighted by atomic mass is 16.5. The molecule has 0 aliphatic carbocycles. The summed E-state index contributed by atoms with van der Waals surface area (Å²) < 4.78 is 16.8. The number of aliphatic hydroxyl groups excluding tert-OH is 1. The van der Waals surface area contributed by atoms with Crippen LogP contribution in [0.1, 0.15) is 28.3 Å². The number of fused-ring (bicyclic) bond motifs is 1. The van der Waals surface area contributed by atoms with Gasteiger partial charge in [0.25, 0.3) is 5.78 Å². The van der Waals surface area contributed by atoms with Crippen molar-refractivity contribution >= 4 is 34.4 Å². The number of nitrogens with zero attached hydrogens (tertiary/aromatic N) is 3. The number of benzene rings is 3. The number of methoxy groups -OCH3 is 2. The fraction of sp³-hybridized carbons (Fsp3) is 0.152. The number of nitrogens with one attached hydrogen (secondary N) is 1. The Bertz CT molecular complexity index is 1830. The van der Waals surface area contributed by atoms with Crippen LogP contribution in [-0.2, 0) is 16.2 Å². The lowest BCUT2D eigenvalue weighted by molar-refractivity contribution is -0.132. The van der Waals surface area contributed by atoms with Crippen molar-refractivity contribution in [3.05, 3.63) is 113 Å². The van der Waals surface area contributed by atoms with Gasteiger partial charge in [-0.15, -0.1) is 0 Å². The highest BCUT2D eigenvalue weighted by Crippen LogP contribution is 2.42. The topological polar surface area (TPSA) is 127 Å². The molecule has 0 spiro atoms. The summed E-state index contributed by atoms with van der Waals surface area (Å²) >= 11 is 0. The van der Waals surface area contributed by atoms with E-state index in [1.807, 2.05) is 37.3 Å². The first-order valence-corrected chi connectivity index (χ1v) is 13.5. The number of aromatic amines is 1. The van der Waals surface area contributed by atoms with Gasteiger partial charge in [0.15, 0.2) is 11.5 Å². The summed E-state index contributed by atoms with van der Waals surface area (Å²) in [4.78, 5) is 40.3. The third-order valence-corrected chi connectivity index (χ3v) is 7.33. The van der Waals surface area contributed by atoms with E-state index in [-0.39, 0.29) is 17.3 Å². The van der Waals surface area contributed by atoms with Crippen LogP contribution in [0.5, 0.6) is 17.2 Å². The molecule has 2 aromatic heterocycles. The van der Waals surface area contributed by atoms with Gasteiger partial charge in [-0.05, 0) is 47.9 Å². The summed E-state index contributed by atoms with van der Waals surface area (Å²) in [5.74, 6) is -0.295. The summed E-state index contributed by atoms with van der Waals surface area (Å²) in [6, 6.07) is 20.7. The predicted molar refractivity (Wildman–Crippen MR) is 160 cm³/mol. The lowest BCUT2D eigenvalue weighted by atomic mass is 9.96. The zero-order valence-electron chi connectivity index (χ0n) is 23.7. The zero-order valence-corrected chi connectivity index (χ0v) is 23.7. The third-order valence-electron chi connectivity index (χ3n) is 7.33. The number of hydrogen-bond acceptors (Lipinski definition) is 8. The standard InChI is InChI=1S/C33H28N4O6/c1-19-14-21(11-12-25(19)43-18-20-8-5-4-6-9-20)30(38)28-29(22-10-7-13-34-17-22)37(32(40)31(28)39)33-35-23-15-26(41-2)27(42-3)16-24(23)36-33/h4-17,29,38H,18H2,1-3H3,(H,35,36)/b30-28+. The average molecular weight is 577 g/mol. The SMILES string of the molecule is COc1cc2nc(N3C(=O)C(=O)/C(=C(/O)c4ccc(OCc5ccccc5)c(C)c4)C3c3cccnc3)[nH]c2cc1OC. The van der Waals surface area contributed by atoms with Crippen molar-refractivity contribution in [2.45, 2.75) is 19.6 Å². The lowest BCUT2D eigenvalue weighted by Gasteiger charge is -2.22. The second kappa shape index (κ2) is 11.3. The fourth-order valence-corrected chi connectivity index (χ4v) is 5.19. The first kappa shape index (κ1) is 27.5. The van der Waals surface area contributed by atoms with E-state index in [1.54, 1.807) is 54.9 Å². The van der Waals surface area contributed by atoms with Crippen LogP contribution in [0, 0.1) is 6.92 Å². The molecule has 1 amide bonds. The number of ether oxygens (including phenoxy) is 3. The Morgan fingerprint density at radius 2 is 1.72 bits per heavy atom. The van der Waals surface area contributed by atoms with Crippen molar-refractivity contribution in [1.82, 2.24) is 15.0 Å². The van der Waals surface area contributed by atoms with E-state index < -0.39 is 17.7 Å². The van der Waals surface area contributed by atoms with Crippen molar-refractivity contribution < 1.29 is 28.9 Å². The Balaban J connectivity index is 1.41. The van der Waals surface area contributed by atoms with Crippen LogP contribution in [-0.4, -0.2) is 46.0 Å². The average Bonchev–Trinajstić information content (AvgIpc) is 3.57. The van der Waals surface area contributed by atoms with E-state index in [4.69, 9.17) is 14.2 Å². The van der Waals surface area contributed by atoms with E-state index in [9.17, 15) is 14.7 Å². The lowest BCUT2D eigenvalue weighted by Crippen LogP contribution is -2.30. The normalized spacial score (nSPS) is 16.1. The van der Waals surface area contributed by atoms with Crippen molar-refractivity contribution in [2.75, 3.05) is 19.1 Å². The van der Waals surface area contributed by atoms with E-state index in [0.717, 1.165) is 11.1 Å². The van der Waals surface area contributed by atoms with Gasteiger partial charge < -0.3 is 24.3 Å². The Kier molecular flexibility index (Phi) is 7.25. The van der Waals surface area contributed by atoms with Crippen molar-refractivity contribution in [2.24, 2.45) is 0 Å². The van der Waals surface area contributed by atoms with Gasteiger partial charge >= 0.3 is 5.91 Å². The summed E-state index contributed by atoms with van der Waals surface area (Å²) in [7, 11) is 3.04. The van der Waals surface area contributed by atoms with Gasteiger partial charge in [-0.25, -0.2) is 4.98 Å². The summed E-state index contributed by atoms with van der Waals surface area (Å²) in [6.45, 7) is 2.24. The molecule has 0 bridgehead atoms. The number of aromatic nitrogens is 3. The molecule has 3 heterocycles. The van der Waals surface area contributed by atoms with Crippen LogP contribution in [0.4, 0.5) is 5.95 Å². The molecule has 1 unspecified atom stereocenters. The molecule has 10 heteroatoms. The molecule has 1 saturated heterocycles. The minimum atomic E-state index is -0.993. The molecule has 10 nitrogen and oxygen atoms in total. The maximum absolute atomic E-state index is 13.6. The maximum Gasteiger partial charge on any atom is 0.302 e. The smallest absolute Gasteiger partial charge is 0.302 e. The molecular formula is C33H28N4O6. The molecular weight excluding hydrogens is 548 g/mol. The molecule has 6 rings (SSSR count). The van der Waals surface area contributed by atoms with Crippen LogP contribution in [0.3, 0.4) is 0 Å². The Hall–Kier alpha value is -5.64. The third kappa shape index (κ3) is 5.03. The number of hydrogen-bond donors (Lipinski definition) is 2. The van der Waals surface area contributed by atoms with Gasteiger partial charge in [-0.1, -0.05) is 36.4 Å². The summed E-state index contributed by atoms with van der Waals surface area (Å²) in [5, 5.41) is 11.6. The fourth-order valence-electron chi connectivity index (χ4n) is 5.19. The number of aryl methyl sites for hydroxylation is 1. The van der Waals surface area contributed by atoms with Gasteiger partial charge in [-0.2, -0.15) is 0 Å². The van der Waals surface area contributed by atoms with Crippen LogP contribution in [0.2, 0.25) is 0 Å². The monoisotopic (exact) mass is 576 g/mol. The molecule has 0 radical (unpaired) electrons. The molecule has 0 saturated carbocycles. The van der Waals surface area contributed by atoms with Gasteiger partial charge in [0, 0.05) is 30.1 Å². The zero-order chi connectivity index (χ0) is 30.1. The Morgan fingerprint density at radius 3 is 2.42 bits per heavy atom. The first-order valence-electron chi connectivity index (χ1n) is 13.5. The molecule has 5 aromatic rings. The van der Waals surface area contributed by atoms with E-state index in [0.29, 0.717) is 46.0 Å². The number of carbonyl (C=O) groups is 2. The quantitative estimate of drug-likeness (QED) is 0.141. The number of anilines is 1. The van der Waals surface area contributed by atoms with Crippen LogP contribution < -0.4 is 19.1 Å². The second-order valence-electron chi connectivity index (χ2n) is 9.99.